The van der Waals surface area contributed by atoms with Crippen LogP contribution in [0.1, 0.15) is 36.2 Å². The van der Waals surface area contributed by atoms with Gasteiger partial charge >= 0.3 is 0 Å². The molecule has 0 bridgehead atoms. The van der Waals surface area contributed by atoms with Crippen molar-refractivity contribution in [1.82, 2.24) is 9.97 Å². The molecule has 4 N–H and O–H groups in total. The van der Waals surface area contributed by atoms with Crippen LogP contribution in [0.3, 0.4) is 0 Å². The van der Waals surface area contributed by atoms with Gasteiger partial charge < -0.3 is 11.1 Å². The van der Waals surface area contributed by atoms with Crippen molar-refractivity contribution in [3.63, 3.8) is 0 Å². The molecule has 0 saturated heterocycles. The van der Waals surface area contributed by atoms with Crippen LogP contribution in [0.15, 0.2) is 34.2 Å². The molecule has 0 aliphatic carbocycles. The second-order valence-electron chi connectivity index (χ2n) is 5.29. The Hall–Kier alpha value is -2.28. The average molecular weight is 332 g/mol. The molecule has 0 unspecified atom stereocenters. The van der Waals surface area contributed by atoms with Crippen LogP contribution in [0.5, 0.6) is 0 Å². The average Bonchev–Trinajstić information content (AvgIpc) is 2.51. The van der Waals surface area contributed by atoms with Crippen LogP contribution in [-0.4, -0.2) is 21.1 Å². The van der Waals surface area contributed by atoms with Crippen molar-refractivity contribution in [2.75, 3.05) is 11.1 Å². The van der Waals surface area contributed by atoms with Crippen LogP contribution in [0, 0.1) is 6.92 Å². The van der Waals surface area contributed by atoms with Crippen molar-refractivity contribution >= 4 is 29.2 Å². The van der Waals surface area contributed by atoms with Gasteiger partial charge in [-0.3, -0.25) is 14.6 Å². The monoisotopic (exact) mass is 332 g/mol. The molecule has 0 aliphatic heterocycles. The highest BCUT2D eigenvalue weighted by molar-refractivity contribution is 7.99. The predicted molar refractivity (Wildman–Crippen MR) is 94.0 cm³/mol. The van der Waals surface area contributed by atoms with Crippen LogP contribution in [-0.2, 0) is 0 Å². The molecule has 1 amide bonds. The second-order valence-corrected chi connectivity index (χ2v) is 6.72. The molecule has 23 heavy (non-hydrogen) atoms. The number of carbonyl (C=O) groups is 1. The Morgan fingerprint density at radius 2 is 2.04 bits per heavy atom. The maximum Gasteiger partial charge on any atom is 0.277 e. The third-order valence-electron chi connectivity index (χ3n) is 3.37. The lowest BCUT2D eigenvalue weighted by Gasteiger charge is -2.10. The number of benzene rings is 1. The third kappa shape index (κ3) is 4.35. The lowest BCUT2D eigenvalue weighted by molar-refractivity contribution is 0.102. The van der Waals surface area contributed by atoms with Gasteiger partial charge in [0, 0.05) is 10.8 Å². The van der Waals surface area contributed by atoms with Crippen molar-refractivity contribution in [3.8, 4) is 0 Å². The zero-order chi connectivity index (χ0) is 17.0. The van der Waals surface area contributed by atoms with Crippen LogP contribution in [0.2, 0.25) is 0 Å². The van der Waals surface area contributed by atoms with E-state index < -0.39 is 11.5 Å². The standard InChI is InChI=1S/C16H20N4O2S/c1-4-10(3)23-16-19-13(17)12(15(22)20-16)18-14(21)11-7-5-9(2)6-8-11/h5-8,10H,4H2,1-3H3,(H,18,21)(H3,17,19,20,22)/t10-/m1/s1. The Bertz CT molecular complexity index is 756. The Morgan fingerprint density at radius 3 is 2.61 bits per heavy atom. The number of aryl methyl sites for hydroxylation is 1. The minimum atomic E-state index is -0.455. The molecular formula is C16H20N4O2S. The van der Waals surface area contributed by atoms with Gasteiger partial charge in [-0.05, 0) is 25.5 Å². The van der Waals surface area contributed by atoms with Gasteiger partial charge in [-0.1, -0.05) is 43.3 Å². The Labute approximate surface area is 138 Å². The summed E-state index contributed by atoms with van der Waals surface area (Å²) in [4.78, 5) is 31.1. The summed E-state index contributed by atoms with van der Waals surface area (Å²) in [6.07, 6.45) is 0.945. The fourth-order valence-electron chi connectivity index (χ4n) is 1.81. The zero-order valence-corrected chi connectivity index (χ0v) is 14.2. The van der Waals surface area contributed by atoms with Crippen molar-refractivity contribution in [3.05, 3.63) is 45.7 Å². The number of hydrogen-bond donors (Lipinski definition) is 3. The number of anilines is 2. The number of aromatic amines is 1. The maximum atomic E-state index is 12.2. The molecule has 2 aromatic rings. The molecule has 1 atom stereocenters. The first-order valence-corrected chi connectivity index (χ1v) is 8.23. The third-order valence-corrected chi connectivity index (χ3v) is 4.52. The first kappa shape index (κ1) is 17.1. The predicted octanol–water partition coefficient (Wildman–Crippen LogP) is 2.80. The largest absolute Gasteiger partial charge is 0.382 e. The molecule has 6 nitrogen and oxygen atoms in total. The molecule has 122 valence electrons. The number of hydrogen-bond acceptors (Lipinski definition) is 5. The van der Waals surface area contributed by atoms with E-state index in [0.717, 1.165) is 12.0 Å². The number of amides is 1. The number of thioether (sulfide) groups is 1. The summed E-state index contributed by atoms with van der Waals surface area (Å²) in [7, 11) is 0. The zero-order valence-electron chi connectivity index (χ0n) is 13.3. The number of aromatic nitrogens is 2. The molecule has 0 aliphatic rings. The summed E-state index contributed by atoms with van der Waals surface area (Å²) in [6, 6.07) is 7.03. The SMILES string of the molecule is CC[C@@H](C)Sc1nc(N)c(NC(=O)c2ccc(C)cc2)c(=O)[nH]1. The van der Waals surface area contributed by atoms with Crippen LogP contribution >= 0.6 is 11.8 Å². The van der Waals surface area contributed by atoms with Crippen LogP contribution in [0.4, 0.5) is 11.5 Å². The van der Waals surface area contributed by atoms with Crippen molar-refractivity contribution in [2.24, 2.45) is 0 Å². The molecular weight excluding hydrogens is 312 g/mol. The highest BCUT2D eigenvalue weighted by Gasteiger charge is 2.14. The highest BCUT2D eigenvalue weighted by Crippen LogP contribution is 2.22. The lowest BCUT2D eigenvalue weighted by atomic mass is 10.1. The molecule has 1 aromatic carbocycles. The highest BCUT2D eigenvalue weighted by atomic mass is 32.2. The Balaban J connectivity index is 2.21. The van der Waals surface area contributed by atoms with Crippen LogP contribution in [0.25, 0.3) is 0 Å². The van der Waals surface area contributed by atoms with E-state index in [0.29, 0.717) is 16.0 Å². The van der Waals surface area contributed by atoms with E-state index in [1.807, 2.05) is 26.0 Å². The summed E-state index contributed by atoms with van der Waals surface area (Å²) >= 11 is 1.44. The van der Waals surface area contributed by atoms with Crippen molar-refractivity contribution in [1.29, 1.82) is 0 Å². The summed E-state index contributed by atoms with van der Waals surface area (Å²) < 4.78 is 0. The van der Waals surface area contributed by atoms with Gasteiger partial charge in [-0.2, -0.15) is 0 Å². The topological polar surface area (TPSA) is 101 Å². The molecule has 1 aromatic heterocycles. The van der Waals surface area contributed by atoms with E-state index >= 15 is 0 Å². The van der Waals surface area contributed by atoms with E-state index in [-0.39, 0.29) is 11.5 Å². The molecule has 0 saturated carbocycles. The van der Waals surface area contributed by atoms with E-state index in [2.05, 4.69) is 22.2 Å². The minimum absolute atomic E-state index is 0.0139. The second kappa shape index (κ2) is 7.32. The first-order chi connectivity index (χ1) is 10.9. The Kier molecular flexibility index (Phi) is 5.44. The molecule has 7 heteroatoms. The summed E-state index contributed by atoms with van der Waals surface area (Å²) in [5.74, 6) is -0.383. The molecule has 0 spiro atoms. The number of nitrogens with one attached hydrogen (secondary N) is 2. The van der Waals surface area contributed by atoms with E-state index in [1.165, 1.54) is 11.8 Å². The van der Waals surface area contributed by atoms with Gasteiger partial charge in [-0.25, -0.2) is 4.98 Å². The summed E-state index contributed by atoms with van der Waals surface area (Å²) in [6.45, 7) is 6.02. The molecule has 2 rings (SSSR count). The summed E-state index contributed by atoms with van der Waals surface area (Å²) in [5, 5.41) is 3.29. The maximum absolute atomic E-state index is 12.2. The van der Waals surface area contributed by atoms with Gasteiger partial charge in [0.2, 0.25) is 0 Å². The number of nitrogen functional groups attached to an aromatic ring is 1. The molecule has 1 heterocycles. The van der Waals surface area contributed by atoms with E-state index in [9.17, 15) is 9.59 Å². The number of carbonyl (C=O) groups excluding carboxylic acids is 1. The van der Waals surface area contributed by atoms with E-state index in [4.69, 9.17) is 5.73 Å². The summed E-state index contributed by atoms with van der Waals surface area (Å²) in [5.41, 5.74) is 6.85. The fourth-order valence-corrected chi connectivity index (χ4v) is 2.66. The normalized spacial score (nSPS) is 12.0. The van der Waals surface area contributed by atoms with Crippen molar-refractivity contribution < 1.29 is 4.79 Å². The Morgan fingerprint density at radius 1 is 1.39 bits per heavy atom. The first-order valence-electron chi connectivity index (χ1n) is 7.35. The number of nitrogens with two attached hydrogens (primary N) is 1. The number of H-pyrrole nitrogens is 1. The lowest BCUT2D eigenvalue weighted by Crippen LogP contribution is -2.23. The van der Waals surface area contributed by atoms with Gasteiger partial charge in [0.25, 0.3) is 11.5 Å². The van der Waals surface area contributed by atoms with Gasteiger partial charge in [0.15, 0.2) is 11.0 Å². The number of nitrogens with zero attached hydrogens (tertiary/aromatic N) is 1. The van der Waals surface area contributed by atoms with Crippen LogP contribution < -0.4 is 16.6 Å². The quantitative estimate of drug-likeness (QED) is 0.577. The van der Waals surface area contributed by atoms with Gasteiger partial charge in [-0.15, -0.1) is 0 Å². The smallest absolute Gasteiger partial charge is 0.277 e. The van der Waals surface area contributed by atoms with E-state index in [1.54, 1.807) is 12.1 Å². The fraction of sp³-hybridized carbons (Fsp3) is 0.312. The molecule has 0 fully saturated rings. The minimum Gasteiger partial charge on any atom is -0.382 e. The van der Waals surface area contributed by atoms with Gasteiger partial charge in [0.1, 0.15) is 5.69 Å². The van der Waals surface area contributed by atoms with Gasteiger partial charge in [0.05, 0.1) is 0 Å². The number of rotatable bonds is 5. The van der Waals surface area contributed by atoms with Crippen molar-refractivity contribution in [2.45, 2.75) is 37.6 Å². The molecule has 0 radical (unpaired) electrons.